The molecule has 4 nitrogen and oxygen atoms in total. The lowest BCUT2D eigenvalue weighted by Gasteiger charge is -2.29. The lowest BCUT2D eigenvalue weighted by molar-refractivity contribution is -0.213. The summed E-state index contributed by atoms with van der Waals surface area (Å²) in [6.45, 7) is 5.32. The number of ether oxygens (including phenoxy) is 3. The number of esters is 1. The molecule has 0 radical (unpaired) electrons. The van der Waals surface area contributed by atoms with Crippen LogP contribution >= 0.6 is 0 Å². The summed E-state index contributed by atoms with van der Waals surface area (Å²) in [5, 5.41) is 0. The Morgan fingerprint density at radius 2 is 1.44 bits per heavy atom. The Labute approximate surface area is 208 Å². The van der Waals surface area contributed by atoms with Crippen LogP contribution in [-0.4, -0.2) is 31.6 Å². The molecular weight excluding hydrogens is 424 g/mol. The summed E-state index contributed by atoms with van der Waals surface area (Å²) >= 11 is 0. The quantitative estimate of drug-likeness (QED) is 0.202. The van der Waals surface area contributed by atoms with Crippen LogP contribution in [0.2, 0.25) is 0 Å². The van der Waals surface area contributed by atoms with E-state index in [1.54, 1.807) is 0 Å². The summed E-state index contributed by atoms with van der Waals surface area (Å²) in [5.41, 5.74) is 1.95. The SMILES string of the molecule is CCCCCCCC1CCC(c2ccc(C(=O)O[C@@H]3CO[C@@H](CCCCCC)CO3)cc2)CC1. The first-order valence-electron chi connectivity index (χ1n) is 14.2. The average Bonchev–Trinajstić information content (AvgIpc) is 2.88. The van der Waals surface area contributed by atoms with Gasteiger partial charge in [0.15, 0.2) is 0 Å². The molecule has 0 unspecified atom stereocenters. The second kappa shape index (κ2) is 15.6. The zero-order valence-electron chi connectivity index (χ0n) is 21.8. The molecule has 3 rings (SSSR count). The fourth-order valence-corrected chi connectivity index (χ4v) is 5.46. The van der Waals surface area contributed by atoms with Gasteiger partial charge in [-0.15, -0.1) is 0 Å². The molecule has 0 aromatic heterocycles. The maximum atomic E-state index is 12.6. The van der Waals surface area contributed by atoms with Gasteiger partial charge in [0.1, 0.15) is 6.61 Å². The summed E-state index contributed by atoms with van der Waals surface area (Å²) < 4.78 is 17.1. The van der Waals surface area contributed by atoms with Crippen LogP contribution in [0.1, 0.15) is 132 Å². The first-order chi connectivity index (χ1) is 16.7. The Bertz CT molecular complexity index is 670. The summed E-state index contributed by atoms with van der Waals surface area (Å²) in [6.07, 6.45) is 19.0. The third kappa shape index (κ3) is 9.34. The highest BCUT2D eigenvalue weighted by Gasteiger charge is 2.26. The number of hydrogen-bond donors (Lipinski definition) is 0. The van der Waals surface area contributed by atoms with Crippen molar-refractivity contribution in [3.8, 4) is 0 Å². The molecule has 0 amide bonds. The molecule has 0 bridgehead atoms. The maximum Gasteiger partial charge on any atom is 0.340 e. The van der Waals surface area contributed by atoms with Gasteiger partial charge in [0.05, 0.1) is 18.3 Å². The van der Waals surface area contributed by atoms with Gasteiger partial charge in [0.25, 0.3) is 0 Å². The third-order valence-corrected chi connectivity index (χ3v) is 7.73. The van der Waals surface area contributed by atoms with Gasteiger partial charge in [-0.3, -0.25) is 0 Å². The summed E-state index contributed by atoms with van der Waals surface area (Å²) in [5.74, 6) is 1.22. The third-order valence-electron chi connectivity index (χ3n) is 7.73. The first kappa shape index (κ1) is 27.2. The Morgan fingerprint density at radius 3 is 2.09 bits per heavy atom. The van der Waals surface area contributed by atoms with Crippen molar-refractivity contribution in [2.24, 2.45) is 5.92 Å². The van der Waals surface area contributed by atoms with Crippen LogP contribution in [0.4, 0.5) is 0 Å². The van der Waals surface area contributed by atoms with E-state index in [-0.39, 0.29) is 12.1 Å². The van der Waals surface area contributed by atoms with Gasteiger partial charge in [-0.25, -0.2) is 4.79 Å². The van der Waals surface area contributed by atoms with Crippen molar-refractivity contribution in [3.05, 3.63) is 35.4 Å². The molecule has 4 heteroatoms. The van der Waals surface area contributed by atoms with Gasteiger partial charge < -0.3 is 14.2 Å². The molecule has 1 aromatic carbocycles. The second-order valence-corrected chi connectivity index (χ2v) is 10.5. The van der Waals surface area contributed by atoms with E-state index >= 15 is 0 Å². The van der Waals surface area contributed by atoms with Crippen molar-refractivity contribution in [3.63, 3.8) is 0 Å². The van der Waals surface area contributed by atoms with Crippen LogP contribution in [-0.2, 0) is 14.2 Å². The molecule has 1 heterocycles. The van der Waals surface area contributed by atoms with E-state index in [0.29, 0.717) is 24.7 Å². The highest BCUT2D eigenvalue weighted by molar-refractivity contribution is 5.89. The van der Waals surface area contributed by atoms with Gasteiger partial charge in [-0.2, -0.15) is 0 Å². The monoisotopic (exact) mass is 472 g/mol. The van der Waals surface area contributed by atoms with Gasteiger partial charge >= 0.3 is 5.97 Å². The predicted molar refractivity (Wildman–Crippen MR) is 138 cm³/mol. The van der Waals surface area contributed by atoms with E-state index in [4.69, 9.17) is 14.2 Å². The fourth-order valence-electron chi connectivity index (χ4n) is 5.46. The van der Waals surface area contributed by atoms with Crippen molar-refractivity contribution in [2.45, 2.75) is 128 Å². The van der Waals surface area contributed by atoms with Gasteiger partial charge in [0.2, 0.25) is 6.29 Å². The molecule has 1 aromatic rings. The average molecular weight is 473 g/mol. The normalized spacial score (nSPS) is 25.2. The molecule has 1 saturated carbocycles. The lowest BCUT2D eigenvalue weighted by Crippen LogP contribution is -2.38. The molecule has 34 heavy (non-hydrogen) atoms. The molecular formula is C30H48O4. The molecule has 2 aliphatic rings. The highest BCUT2D eigenvalue weighted by atomic mass is 16.7. The Hall–Kier alpha value is -1.39. The van der Waals surface area contributed by atoms with E-state index < -0.39 is 6.29 Å². The largest absolute Gasteiger partial charge is 0.430 e. The minimum absolute atomic E-state index is 0.127. The molecule has 1 aliphatic carbocycles. The highest BCUT2D eigenvalue weighted by Crippen LogP contribution is 2.37. The zero-order valence-corrected chi connectivity index (χ0v) is 21.8. The lowest BCUT2D eigenvalue weighted by atomic mass is 9.77. The van der Waals surface area contributed by atoms with Crippen molar-refractivity contribution in [1.82, 2.24) is 0 Å². The fraction of sp³-hybridized carbons (Fsp3) is 0.767. The van der Waals surface area contributed by atoms with Crippen LogP contribution in [0.25, 0.3) is 0 Å². The molecule has 192 valence electrons. The summed E-state index contributed by atoms with van der Waals surface area (Å²) in [7, 11) is 0. The number of hydrogen-bond acceptors (Lipinski definition) is 4. The molecule has 2 fully saturated rings. The van der Waals surface area contributed by atoms with E-state index in [9.17, 15) is 4.79 Å². The van der Waals surface area contributed by atoms with Crippen LogP contribution in [0.3, 0.4) is 0 Å². The van der Waals surface area contributed by atoms with Gasteiger partial charge in [-0.05, 0) is 61.6 Å². The Kier molecular flexibility index (Phi) is 12.5. The predicted octanol–water partition coefficient (Wildman–Crippen LogP) is 8.19. The van der Waals surface area contributed by atoms with Gasteiger partial charge in [0, 0.05) is 0 Å². The summed E-state index contributed by atoms with van der Waals surface area (Å²) in [4.78, 5) is 12.6. The molecule has 0 N–H and O–H groups in total. The maximum absolute atomic E-state index is 12.6. The van der Waals surface area contributed by atoms with E-state index in [1.165, 1.54) is 95.5 Å². The van der Waals surface area contributed by atoms with Crippen LogP contribution < -0.4 is 0 Å². The number of carbonyl (C=O) groups excluding carboxylic acids is 1. The van der Waals surface area contributed by atoms with Crippen LogP contribution in [0.15, 0.2) is 24.3 Å². The molecule has 0 spiro atoms. The Balaban J connectivity index is 1.33. The van der Waals surface area contributed by atoms with Crippen molar-refractivity contribution in [2.75, 3.05) is 13.2 Å². The minimum atomic E-state index is -0.601. The smallest absolute Gasteiger partial charge is 0.340 e. The standard InChI is InChI=1S/C30H48O4/c1-3-5-7-9-10-12-24-14-16-25(17-15-24)26-18-20-27(21-19-26)30(31)34-29-23-32-28(22-33-29)13-11-8-6-4-2/h18-21,24-25,28-29H,3-17,22-23H2,1-2H3/t24?,25?,28-,29+/m0/s1. The van der Waals surface area contributed by atoms with E-state index in [2.05, 4.69) is 26.0 Å². The van der Waals surface area contributed by atoms with Crippen molar-refractivity contribution < 1.29 is 19.0 Å². The second-order valence-electron chi connectivity index (χ2n) is 10.5. The number of rotatable bonds is 14. The van der Waals surface area contributed by atoms with Crippen LogP contribution in [0, 0.1) is 5.92 Å². The van der Waals surface area contributed by atoms with Gasteiger partial charge in [-0.1, -0.05) is 90.2 Å². The van der Waals surface area contributed by atoms with E-state index in [1.807, 2.05) is 12.1 Å². The van der Waals surface area contributed by atoms with E-state index in [0.717, 1.165) is 12.3 Å². The number of carbonyl (C=O) groups is 1. The van der Waals surface area contributed by atoms with Crippen LogP contribution in [0.5, 0.6) is 0 Å². The number of benzene rings is 1. The molecule has 1 saturated heterocycles. The topological polar surface area (TPSA) is 44.8 Å². The van der Waals surface area contributed by atoms with Crippen molar-refractivity contribution >= 4 is 5.97 Å². The molecule has 1 aliphatic heterocycles. The summed E-state index contributed by atoms with van der Waals surface area (Å²) in [6, 6.07) is 8.07. The number of unbranched alkanes of at least 4 members (excludes halogenated alkanes) is 7. The first-order valence-corrected chi connectivity index (χ1v) is 14.2. The molecule has 2 atom stereocenters. The van der Waals surface area contributed by atoms with Crippen molar-refractivity contribution in [1.29, 1.82) is 0 Å². The Morgan fingerprint density at radius 1 is 0.794 bits per heavy atom. The zero-order chi connectivity index (χ0) is 24.0. The minimum Gasteiger partial charge on any atom is -0.430 e.